The average molecular weight is 260 g/mol. The minimum absolute atomic E-state index is 0.886. The van der Waals surface area contributed by atoms with Crippen LogP contribution in [0.5, 0.6) is 0 Å². The quantitative estimate of drug-likeness (QED) is 0.870. The fraction of sp³-hybridized carbons (Fsp3) is 0.375. The molecule has 0 saturated carbocycles. The summed E-state index contributed by atoms with van der Waals surface area (Å²) in [5.41, 5.74) is 2.57. The van der Waals surface area contributed by atoms with E-state index in [0.717, 1.165) is 28.8 Å². The fourth-order valence-corrected chi connectivity index (χ4v) is 3.30. The molecule has 0 aliphatic heterocycles. The van der Waals surface area contributed by atoms with Crippen molar-refractivity contribution in [2.24, 2.45) is 0 Å². The van der Waals surface area contributed by atoms with Crippen molar-refractivity contribution in [1.29, 1.82) is 0 Å². The standard InChI is InChI=1S/C16H20OS/c1-4-5-13-6-8-14(9-7-13)16(3,17)15-12(2)10-11-18-15/h6-11,17H,4-5H2,1-3H3. The summed E-state index contributed by atoms with van der Waals surface area (Å²) in [7, 11) is 0. The van der Waals surface area contributed by atoms with Crippen molar-refractivity contribution < 1.29 is 5.11 Å². The van der Waals surface area contributed by atoms with Gasteiger partial charge in [-0.15, -0.1) is 11.3 Å². The monoisotopic (exact) mass is 260 g/mol. The lowest BCUT2D eigenvalue weighted by Gasteiger charge is -2.24. The van der Waals surface area contributed by atoms with E-state index in [1.54, 1.807) is 11.3 Å². The zero-order chi connectivity index (χ0) is 13.2. The third kappa shape index (κ3) is 2.50. The highest BCUT2D eigenvalue weighted by molar-refractivity contribution is 7.10. The van der Waals surface area contributed by atoms with Gasteiger partial charge in [0.15, 0.2) is 0 Å². The van der Waals surface area contributed by atoms with Crippen molar-refractivity contribution in [2.45, 2.75) is 39.2 Å². The number of thiophene rings is 1. The van der Waals surface area contributed by atoms with Crippen LogP contribution in [0.2, 0.25) is 0 Å². The molecule has 2 aromatic rings. The summed E-state index contributed by atoms with van der Waals surface area (Å²) < 4.78 is 0. The molecular formula is C16H20OS. The highest BCUT2D eigenvalue weighted by Gasteiger charge is 2.28. The van der Waals surface area contributed by atoms with Gasteiger partial charge in [-0.05, 0) is 48.4 Å². The first-order valence-corrected chi connectivity index (χ1v) is 7.30. The lowest BCUT2D eigenvalue weighted by molar-refractivity contribution is 0.106. The molecule has 0 aliphatic rings. The molecule has 96 valence electrons. The first kappa shape index (κ1) is 13.3. The van der Waals surface area contributed by atoms with Crippen LogP contribution in [-0.4, -0.2) is 5.11 Å². The van der Waals surface area contributed by atoms with E-state index in [4.69, 9.17) is 0 Å². The molecule has 18 heavy (non-hydrogen) atoms. The van der Waals surface area contributed by atoms with Gasteiger partial charge in [0.2, 0.25) is 0 Å². The van der Waals surface area contributed by atoms with Gasteiger partial charge in [0, 0.05) is 4.88 Å². The van der Waals surface area contributed by atoms with Crippen LogP contribution in [0.25, 0.3) is 0 Å². The fourth-order valence-electron chi connectivity index (χ4n) is 2.29. The number of hydrogen-bond acceptors (Lipinski definition) is 2. The maximum atomic E-state index is 10.8. The smallest absolute Gasteiger partial charge is 0.121 e. The van der Waals surface area contributed by atoms with E-state index >= 15 is 0 Å². The van der Waals surface area contributed by atoms with E-state index in [0.29, 0.717) is 0 Å². The SMILES string of the molecule is CCCc1ccc(C(C)(O)c2sccc2C)cc1. The van der Waals surface area contributed by atoms with Gasteiger partial charge >= 0.3 is 0 Å². The zero-order valence-electron chi connectivity index (χ0n) is 11.2. The van der Waals surface area contributed by atoms with E-state index in [2.05, 4.69) is 25.1 Å². The highest BCUT2D eigenvalue weighted by Crippen LogP contribution is 2.34. The van der Waals surface area contributed by atoms with E-state index in [9.17, 15) is 5.11 Å². The molecule has 1 atom stereocenters. The Hall–Kier alpha value is -1.12. The van der Waals surface area contributed by atoms with Crippen LogP contribution in [0.15, 0.2) is 35.7 Å². The van der Waals surface area contributed by atoms with E-state index in [1.165, 1.54) is 5.56 Å². The first-order valence-electron chi connectivity index (χ1n) is 6.42. The Morgan fingerprint density at radius 2 is 1.83 bits per heavy atom. The summed E-state index contributed by atoms with van der Waals surface area (Å²) in [5.74, 6) is 0. The van der Waals surface area contributed by atoms with Gasteiger partial charge < -0.3 is 5.11 Å². The number of benzene rings is 1. The Labute approximate surface area is 113 Å². The molecule has 0 saturated heterocycles. The third-order valence-electron chi connectivity index (χ3n) is 3.36. The largest absolute Gasteiger partial charge is 0.380 e. The molecule has 1 aromatic heterocycles. The first-order chi connectivity index (χ1) is 8.55. The maximum absolute atomic E-state index is 10.8. The predicted molar refractivity (Wildman–Crippen MR) is 78.2 cm³/mol. The van der Waals surface area contributed by atoms with Crippen LogP contribution in [0.3, 0.4) is 0 Å². The normalized spacial score (nSPS) is 14.4. The molecule has 2 rings (SSSR count). The molecule has 1 heterocycles. The molecule has 0 bridgehead atoms. The van der Waals surface area contributed by atoms with Gasteiger partial charge in [-0.25, -0.2) is 0 Å². The van der Waals surface area contributed by atoms with Crippen LogP contribution in [-0.2, 0) is 12.0 Å². The lowest BCUT2D eigenvalue weighted by Crippen LogP contribution is -2.22. The van der Waals surface area contributed by atoms with Crippen molar-refractivity contribution in [3.05, 3.63) is 57.3 Å². The van der Waals surface area contributed by atoms with Crippen molar-refractivity contribution in [1.82, 2.24) is 0 Å². The van der Waals surface area contributed by atoms with Crippen LogP contribution >= 0.6 is 11.3 Å². The molecule has 1 unspecified atom stereocenters. The molecule has 0 amide bonds. The Morgan fingerprint density at radius 1 is 1.17 bits per heavy atom. The Morgan fingerprint density at radius 3 is 2.33 bits per heavy atom. The number of rotatable bonds is 4. The van der Waals surface area contributed by atoms with E-state index in [1.807, 2.05) is 31.4 Å². The summed E-state index contributed by atoms with van der Waals surface area (Å²) in [6.45, 7) is 6.10. The van der Waals surface area contributed by atoms with Crippen LogP contribution in [0.4, 0.5) is 0 Å². The Bertz CT molecular complexity index is 508. The summed E-state index contributed by atoms with van der Waals surface area (Å²) in [6.07, 6.45) is 2.25. The van der Waals surface area contributed by atoms with Crippen molar-refractivity contribution in [3.63, 3.8) is 0 Å². The Kier molecular flexibility index (Phi) is 3.88. The third-order valence-corrected chi connectivity index (χ3v) is 4.59. The average Bonchev–Trinajstić information content (AvgIpc) is 2.77. The number of aliphatic hydroxyl groups is 1. The molecule has 1 nitrogen and oxygen atoms in total. The minimum atomic E-state index is -0.886. The molecule has 0 aliphatic carbocycles. The summed E-state index contributed by atoms with van der Waals surface area (Å²) in [6, 6.07) is 10.4. The van der Waals surface area contributed by atoms with Gasteiger partial charge in [0.1, 0.15) is 5.60 Å². The summed E-state index contributed by atoms with van der Waals surface area (Å²) in [5, 5.41) is 12.8. The van der Waals surface area contributed by atoms with Gasteiger partial charge in [-0.3, -0.25) is 0 Å². The zero-order valence-corrected chi connectivity index (χ0v) is 12.1. The molecule has 1 aromatic carbocycles. The van der Waals surface area contributed by atoms with Crippen molar-refractivity contribution in [2.75, 3.05) is 0 Å². The molecule has 0 spiro atoms. The molecule has 2 heteroatoms. The van der Waals surface area contributed by atoms with Gasteiger partial charge in [0.25, 0.3) is 0 Å². The summed E-state index contributed by atoms with van der Waals surface area (Å²) in [4.78, 5) is 1.03. The molecular weight excluding hydrogens is 240 g/mol. The van der Waals surface area contributed by atoms with Crippen LogP contribution in [0.1, 0.15) is 41.8 Å². The lowest BCUT2D eigenvalue weighted by atomic mass is 9.91. The second kappa shape index (κ2) is 5.25. The van der Waals surface area contributed by atoms with Crippen molar-refractivity contribution >= 4 is 11.3 Å². The summed E-state index contributed by atoms with van der Waals surface area (Å²) >= 11 is 1.62. The van der Waals surface area contributed by atoms with Crippen LogP contribution in [0, 0.1) is 6.92 Å². The van der Waals surface area contributed by atoms with Crippen molar-refractivity contribution in [3.8, 4) is 0 Å². The van der Waals surface area contributed by atoms with Gasteiger partial charge in [-0.1, -0.05) is 37.6 Å². The maximum Gasteiger partial charge on any atom is 0.121 e. The molecule has 1 N–H and O–H groups in total. The van der Waals surface area contributed by atoms with Gasteiger partial charge in [-0.2, -0.15) is 0 Å². The number of aryl methyl sites for hydroxylation is 2. The predicted octanol–water partition coefficient (Wildman–Crippen LogP) is 4.26. The second-order valence-electron chi connectivity index (χ2n) is 4.95. The molecule has 0 fully saturated rings. The second-order valence-corrected chi connectivity index (χ2v) is 5.87. The molecule has 0 radical (unpaired) electrons. The van der Waals surface area contributed by atoms with E-state index in [-0.39, 0.29) is 0 Å². The topological polar surface area (TPSA) is 20.2 Å². The van der Waals surface area contributed by atoms with Gasteiger partial charge in [0.05, 0.1) is 0 Å². The highest BCUT2D eigenvalue weighted by atomic mass is 32.1. The van der Waals surface area contributed by atoms with Crippen LogP contribution < -0.4 is 0 Å². The number of hydrogen-bond donors (Lipinski definition) is 1. The Balaban J connectivity index is 2.32. The van der Waals surface area contributed by atoms with E-state index < -0.39 is 5.60 Å². The minimum Gasteiger partial charge on any atom is -0.380 e.